The first-order valence-corrected chi connectivity index (χ1v) is 10.9. The Morgan fingerprint density at radius 2 is 1.77 bits per heavy atom. The zero-order chi connectivity index (χ0) is 19.5. The predicted octanol–water partition coefficient (Wildman–Crippen LogP) is 4.70. The summed E-state index contributed by atoms with van der Waals surface area (Å²) in [4.78, 5) is 15.1. The molecule has 150 valence electrons. The van der Waals surface area contributed by atoms with Crippen molar-refractivity contribution in [2.75, 3.05) is 19.6 Å². The van der Waals surface area contributed by atoms with E-state index in [9.17, 15) is 4.79 Å². The van der Waals surface area contributed by atoms with Gasteiger partial charge in [-0.05, 0) is 62.6 Å². The van der Waals surface area contributed by atoms with Gasteiger partial charge in [0.2, 0.25) is 5.91 Å². The van der Waals surface area contributed by atoms with Crippen LogP contribution in [0.5, 0.6) is 0 Å². The first-order chi connectivity index (χ1) is 12.4. The number of halogens is 1. The third kappa shape index (κ3) is 8.21. The number of rotatable bonds is 13. The van der Waals surface area contributed by atoms with Gasteiger partial charge in [0.05, 0.1) is 10.2 Å². The van der Waals surface area contributed by atoms with Gasteiger partial charge in [-0.2, -0.15) is 5.10 Å². The van der Waals surface area contributed by atoms with Gasteiger partial charge in [-0.15, -0.1) is 0 Å². The summed E-state index contributed by atoms with van der Waals surface area (Å²) >= 11 is 3.46. The average molecular weight is 429 g/mol. The molecule has 0 aliphatic rings. The van der Waals surface area contributed by atoms with Crippen LogP contribution in [0.15, 0.2) is 10.7 Å². The maximum atomic E-state index is 12.6. The van der Waals surface area contributed by atoms with Crippen molar-refractivity contribution in [3.05, 3.63) is 16.4 Å². The number of carbonyl (C=O) groups is 1. The van der Waals surface area contributed by atoms with Gasteiger partial charge in [-0.1, -0.05) is 39.5 Å². The zero-order valence-corrected chi connectivity index (χ0v) is 18.8. The van der Waals surface area contributed by atoms with Crippen molar-refractivity contribution in [2.24, 2.45) is 0 Å². The SMILES string of the molecule is CCCCCN(CCCCC)C[C@H](C)NC(=O)[C@@H](C)n1cc(Br)c(C)n1. The highest BCUT2D eigenvalue weighted by Gasteiger charge is 2.20. The number of unbranched alkanes of at least 4 members (excludes halogenated alkanes) is 4. The molecule has 0 aliphatic heterocycles. The molecule has 6 heteroatoms. The minimum atomic E-state index is -0.309. The molecule has 0 radical (unpaired) electrons. The summed E-state index contributed by atoms with van der Waals surface area (Å²) in [7, 11) is 0. The molecule has 2 atom stereocenters. The van der Waals surface area contributed by atoms with E-state index in [-0.39, 0.29) is 18.0 Å². The normalized spacial score (nSPS) is 13.8. The molecule has 0 bridgehead atoms. The lowest BCUT2D eigenvalue weighted by Crippen LogP contribution is -2.44. The number of carbonyl (C=O) groups excluding carboxylic acids is 1. The highest BCUT2D eigenvalue weighted by molar-refractivity contribution is 9.10. The van der Waals surface area contributed by atoms with Gasteiger partial charge in [0.15, 0.2) is 0 Å². The largest absolute Gasteiger partial charge is 0.351 e. The van der Waals surface area contributed by atoms with Gasteiger partial charge in [0.25, 0.3) is 0 Å². The van der Waals surface area contributed by atoms with Crippen molar-refractivity contribution in [3.63, 3.8) is 0 Å². The molecular weight excluding hydrogens is 392 g/mol. The Hall–Kier alpha value is -0.880. The first kappa shape index (κ1) is 23.2. The highest BCUT2D eigenvalue weighted by Crippen LogP contribution is 2.16. The van der Waals surface area contributed by atoms with Crippen LogP contribution in [0.25, 0.3) is 0 Å². The van der Waals surface area contributed by atoms with Crippen LogP contribution in [0.4, 0.5) is 0 Å². The number of hydrogen-bond donors (Lipinski definition) is 1. The second-order valence-electron chi connectivity index (χ2n) is 7.34. The fourth-order valence-corrected chi connectivity index (χ4v) is 3.33. The molecule has 1 N–H and O–H groups in total. The number of amides is 1. The fraction of sp³-hybridized carbons (Fsp3) is 0.800. The van der Waals surface area contributed by atoms with Crippen LogP contribution in [0.1, 0.15) is 78.0 Å². The van der Waals surface area contributed by atoms with Crippen LogP contribution in [0.2, 0.25) is 0 Å². The van der Waals surface area contributed by atoms with E-state index in [4.69, 9.17) is 0 Å². The monoisotopic (exact) mass is 428 g/mol. The van der Waals surface area contributed by atoms with Gasteiger partial charge in [0, 0.05) is 18.8 Å². The first-order valence-electron chi connectivity index (χ1n) is 10.1. The van der Waals surface area contributed by atoms with Crippen LogP contribution in [-0.2, 0) is 4.79 Å². The van der Waals surface area contributed by atoms with Gasteiger partial charge >= 0.3 is 0 Å². The third-order valence-corrected chi connectivity index (χ3v) is 5.49. The Labute approximate surface area is 168 Å². The second-order valence-corrected chi connectivity index (χ2v) is 8.20. The van der Waals surface area contributed by atoms with E-state index in [1.807, 2.05) is 20.0 Å². The van der Waals surface area contributed by atoms with Crippen LogP contribution in [0, 0.1) is 6.92 Å². The molecular formula is C20H37BrN4O. The highest BCUT2D eigenvalue weighted by atomic mass is 79.9. The molecule has 0 fully saturated rings. The third-order valence-electron chi connectivity index (χ3n) is 4.71. The summed E-state index contributed by atoms with van der Waals surface area (Å²) in [5, 5.41) is 7.56. The lowest BCUT2D eigenvalue weighted by molar-refractivity contribution is -0.124. The average Bonchev–Trinajstić information content (AvgIpc) is 2.93. The van der Waals surface area contributed by atoms with Crippen molar-refractivity contribution < 1.29 is 4.79 Å². The molecule has 1 heterocycles. The van der Waals surface area contributed by atoms with Crippen molar-refractivity contribution in [1.29, 1.82) is 0 Å². The summed E-state index contributed by atoms with van der Waals surface area (Å²) in [5.41, 5.74) is 0.899. The molecule has 1 aromatic heterocycles. The number of aromatic nitrogens is 2. The van der Waals surface area contributed by atoms with Crippen molar-refractivity contribution in [2.45, 2.75) is 85.2 Å². The minimum Gasteiger partial charge on any atom is -0.351 e. The van der Waals surface area contributed by atoms with Gasteiger partial charge in [-0.3, -0.25) is 9.48 Å². The maximum Gasteiger partial charge on any atom is 0.244 e. The Bertz CT molecular complexity index is 502. The van der Waals surface area contributed by atoms with Crippen LogP contribution < -0.4 is 5.32 Å². The summed E-state index contributed by atoms with van der Waals surface area (Å²) in [6.45, 7) is 13.5. The maximum absolute atomic E-state index is 12.6. The molecule has 0 aromatic carbocycles. The molecule has 1 aromatic rings. The number of nitrogens with one attached hydrogen (secondary N) is 1. The van der Waals surface area contributed by atoms with E-state index in [2.05, 4.69) is 52.0 Å². The van der Waals surface area contributed by atoms with Crippen LogP contribution >= 0.6 is 15.9 Å². The molecule has 26 heavy (non-hydrogen) atoms. The summed E-state index contributed by atoms with van der Waals surface area (Å²) in [5.74, 6) is 0.0227. The van der Waals surface area contributed by atoms with E-state index >= 15 is 0 Å². The number of nitrogens with zero attached hydrogens (tertiary/aromatic N) is 3. The van der Waals surface area contributed by atoms with E-state index in [1.54, 1.807) is 4.68 Å². The molecule has 5 nitrogen and oxygen atoms in total. The standard InChI is InChI=1S/C20H37BrN4O/c1-6-8-10-12-24(13-11-9-7-2)14-16(3)22-20(26)18(5)25-15-19(21)17(4)23-25/h15-16,18H,6-14H2,1-5H3,(H,22,26)/t16-,18+/m0/s1. The van der Waals surface area contributed by atoms with E-state index in [1.165, 1.54) is 38.5 Å². The summed E-state index contributed by atoms with van der Waals surface area (Å²) in [6.07, 6.45) is 9.37. The molecule has 0 saturated heterocycles. The Morgan fingerprint density at radius 3 is 2.23 bits per heavy atom. The Balaban J connectivity index is 2.52. The van der Waals surface area contributed by atoms with Crippen LogP contribution in [-0.4, -0.2) is 46.3 Å². The summed E-state index contributed by atoms with van der Waals surface area (Å²) in [6, 6.07) is -0.176. The number of aryl methyl sites for hydroxylation is 1. The molecule has 0 unspecified atom stereocenters. The van der Waals surface area contributed by atoms with Crippen LogP contribution in [0.3, 0.4) is 0 Å². The molecule has 0 spiro atoms. The van der Waals surface area contributed by atoms with E-state index in [0.717, 1.165) is 29.8 Å². The Kier molecular flexibility index (Phi) is 11.1. The van der Waals surface area contributed by atoms with Crippen molar-refractivity contribution in [3.8, 4) is 0 Å². The minimum absolute atomic E-state index is 0.0227. The quantitative estimate of drug-likeness (QED) is 0.463. The second kappa shape index (κ2) is 12.5. The predicted molar refractivity (Wildman–Crippen MR) is 112 cm³/mol. The lowest BCUT2D eigenvalue weighted by Gasteiger charge is -2.27. The van der Waals surface area contributed by atoms with Crippen molar-refractivity contribution in [1.82, 2.24) is 20.0 Å². The fourth-order valence-electron chi connectivity index (χ4n) is 3.04. The van der Waals surface area contributed by atoms with Gasteiger partial charge in [0.1, 0.15) is 6.04 Å². The number of hydrogen-bond acceptors (Lipinski definition) is 3. The molecule has 0 aliphatic carbocycles. The lowest BCUT2D eigenvalue weighted by atomic mass is 10.2. The molecule has 0 saturated carbocycles. The smallest absolute Gasteiger partial charge is 0.244 e. The zero-order valence-electron chi connectivity index (χ0n) is 17.2. The Morgan fingerprint density at radius 1 is 1.19 bits per heavy atom. The summed E-state index contributed by atoms with van der Waals surface area (Å²) < 4.78 is 2.66. The topological polar surface area (TPSA) is 50.2 Å². The van der Waals surface area contributed by atoms with Crippen molar-refractivity contribution >= 4 is 21.8 Å². The van der Waals surface area contributed by atoms with Gasteiger partial charge < -0.3 is 10.2 Å². The molecule has 1 rings (SSSR count). The van der Waals surface area contributed by atoms with E-state index in [0.29, 0.717) is 0 Å². The van der Waals surface area contributed by atoms with Gasteiger partial charge in [-0.25, -0.2) is 0 Å². The van der Waals surface area contributed by atoms with E-state index < -0.39 is 0 Å². The molecule has 1 amide bonds.